The molecule has 0 aliphatic carbocycles. The highest BCUT2D eigenvalue weighted by atomic mass is 79.9. The fourth-order valence-corrected chi connectivity index (χ4v) is 3.18. The molecule has 0 spiro atoms. The second-order valence-electron chi connectivity index (χ2n) is 5.78. The van der Waals surface area contributed by atoms with Crippen molar-refractivity contribution in [3.63, 3.8) is 0 Å². The van der Waals surface area contributed by atoms with Crippen LogP contribution < -0.4 is 11.1 Å². The van der Waals surface area contributed by atoms with Crippen molar-refractivity contribution in [3.8, 4) is 0 Å². The van der Waals surface area contributed by atoms with Crippen LogP contribution in [0.4, 0.5) is 0 Å². The zero-order valence-electron chi connectivity index (χ0n) is 13.6. The van der Waals surface area contributed by atoms with Gasteiger partial charge in [0.2, 0.25) is 5.91 Å². The molecule has 5 nitrogen and oxygen atoms in total. The Morgan fingerprint density at radius 2 is 1.96 bits per heavy atom. The first-order chi connectivity index (χ1) is 12.4. The lowest BCUT2D eigenvalue weighted by Gasteiger charge is -2.17. The number of benzene rings is 2. The number of carbonyl (C=O) groups is 2. The van der Waals surface area contributed by atoms with Crippen LogP contribution in [0.3, 0.4) is 0 Å². The van der Waals surface area contributed by atoms with Crippen LogP contribution in [0.1, 0.15) is 15.9 Å². The molecule has 3 rings (SSSR count). The molecular weight excluding hydrogens is 418 g/mol. The van der Waals surface area contributed by atoms with E-state index < -0.39 is 17.9 Å². The zero-order valence-corrected chi connectivity index (χ0v) is 15.9. The average molecular weight is 433 g/mol. The molecule has 0 fully saturated rings. The first-order valence-electron chi connectivity index (χ1n) is 7.83. The van der Waals surface area contributed by atoms with E-state index in [1.54, 1.807) is 24.3 Å². The van der Waals surface area contributed by atoms with Gasteiger partial charge in [-0.2, -0.15) is 0 Å². The van der Waals surface area contributed by atoms with Crippen LogP contribution in [0, 0.1) is 0 Å². The van der Waals surface area contributed by atoms with Crippen molar-refractivity contribution in [1.82, 2.24) is 10.3 Å². The standard InChI is InChI=1S/C19H15BrClN3O2/c20-15-6-5-14(21)8-12(15)9-17(18(22)25)24-19(26)13-7-11-3-1-2-4-16(11)23-10-13/h1-8,10,17H,9H2,(H2,22,25)(H,24,26)/t17-/m1/s1. The van der Waals surface area contributed by atoms with Crippen molar-refractivity contribution in [2.45, 2.75) is 12.5 Å². The maximum absolute atomic E-state index is 12.5. The van der Waals surface area contributed by atoms with Crippen LogP contribution in [0.2, 0.25) is 5.02 Å². The molecule has 7 heteroatoms. The number of aromatic nitrogens is 1. The number of halogens is 2. The Morgan fingerprint density at radius 3 is 2.73 bits per heavy atom. The van der Waals surface area contributed by atoms with E-state index in [9.17, 15) is 9.59 Å². The lowest BCUT2D eigenvalue weighted by Crippen LogP contribution is -2.45. The Bertz CT molecular complexity index is 993. The van der Waals surface area contributed by atoms with Gasteiger partial charge in [-0.05, 0) is 35.9 Å². The Hall–Kier alpha value is -2.44. The molecule has 26 heavy (non-hydrogen) atoms. The lowest BCUT2D eigenvalue weighted by molar-refractivity contribution is -0.119. The van der Waals surface area contributed by atoms with Gasteiger partial charge in [-0.3, -0.25) is 14.6 Å². The van der Waals surface area contributed by atoms with Gasteiger partial charge in [-0.25, -0.2) is 0 Å². The summed E-state index contributed by atoms with van der Waals surface area (Å²) in [6.45, 7) is 0. The summed E-state index contributed by atoms with van der Waals surface area (Å²) in [4.78, 5) is 28.6. The van der Waals surface area contributed by atoms with Crippen LogP contribution in [-0.2, 0) is 11.2 Å². The first-order valence-corrected chi connectivity index (χ1v) is 9.00. The molecule has 132 valence electrons. The van der Waals surface area contributed by atoms with Gasteiger partial charge in [0.15, 0.2) is 0 Å². The molecule has 0 saturated carbocycles. The summed E-state index contributed by atoms with van der Waals surface area (Å²) in [5.41, 5.74) is 7.40. The lowest BCUT2D eigenvalue weighted by atomic mass is 10.0. The molecular formula is C19H15BrClN3O2. The van der Waals surface area contributed by atoms with E-state index in [0.29, 0.717) is 10.6 Å². The van der Waals surface area contributed by atoms with E-state index in [1.165, 1.54) is 6.20 Å². The Labute approximate surface area is 163 Å². The fourth-order valence-electron chi connectivity index (χ4n) is 2.58. The number of nitrogens with zero attached hydrogens (tertiary/aromatic N) is 1. The summed E-state index contributed by atoms with van der Waals surface area (Å²) in [5.74, 6) is -1.04. The van der Waals surface area contributed by atoms with Crippen LogP contribution in [0.5, 0.6) is 0 Å². The van der Waals surface area contributed by atoms with E-state index in [4.69, 9.17) is 17.3 Å². The quantitative estimate of drug-likeness (QED) is 0.647. The minimum Gasteiger partial charge on any atom is -0.368 e. The van der Waals surface area contributed by atoms with E-state index in [-0.39, 0.29) is 6.42 Å². The summed E-state index contributed by atoms with van der Waals surface area (Å²) in [7, 11) is 0. The van der Waals surface area contributed by atoms with Gasteiger partial charge < -0.3 is 11.1 Å². The number of hydrogen-bond donors (Lipinski definition) is 2. The highest BCUT2D eigenvalue weighted by molar-refractivity contribution is 9.10. The highest BCUT2D eigenvalue weighted by Gasteiger charge is 2.21. The minimum atomic E-state index is -0.872. The second kappa shape index (κ2) is 7.85. The summed E-state index contributed by atoms with van der Waals surface area (Å²) >= 11 is 9.42. The van der Waals surface area contributed by atoms with Crippen molar-refractivity contribution in [2.75, 3.05) is 0 Å². The van der Waals surface area contributed by atoms with Gasteiger partial charge in [0, 0.05) is 27.5 Å². The van der Waals surface area contributed by atoms with E-state index in [2.05, 4.69) is 26.2 Å². The second-order valence-corrected chi connectivity index (χ2v) is 7.08. The molecule has 3 N–H and O–H groups in total. The van der Waals surface area contributed by atoms with Gasteiger partial charge in [0.05, 0.1) is 11.1 Å². The van der Waals surface area contributed by atoms with Crippen molar-refractivity contribution >= 4 is 50.2 Å². The number of rotatable bonds is 5. The molecule has 0 aliphatic heterocycles. The number of primary amides is 1. The third-order valence-electron chi connectivity index (χ3n) is 3.93. The zero-order chi connectivity index (χ0) is 18.7. The number of carbonyl (C=O) groups excluding carboxylic acids is 2. The number of fused-ring (bicyclic) bond motifs is 1. The number of pyridine rings is 1. The van der Waals surface area contributed by atoms with Crippen molar-refractivity contribution in [2.24, 2.45) is 5.73 Å². The van der Waals surface area contributed by atoms with Crippen molar-refractivity contribution in [3.05, 3.63) is 75.4 Å². The molecule has 3 aromatic rings. The van der Waals surface area contributed by atoms with Gasteiger partial charge in [0.25, 0.3) is 5.91 Å². The normalized spacial score (nSPS) is 11.9. The summed E-state index contributed by atoms with van der Waals surface area (Å²) < 4.78 is 0.787. The number of hydrogen-bond acceptors (Lipinski definition) is 3. The van der Waals surface area contributed by atoms with Crippen molar-refractivity contribution < 1.29 is 9.59 Å². The third kappa shape index (κ3) is 4.20. The fraction of sp³-hybridized carbons (Fsp3) is 0.105. The van der Waals surface area contributed by atoms with Gasteiger partial charge in [-0.15, -0.1) is 0 Å². The molecule has 2 aromatic carbocycles. The van der Waals surface area contributed by atoms with Crippen LogP contribution >= 0.6 is 27.5 Å². The number of nitrogens with one attached hydrogen (secondary N) is 1. The monoisotopic (exact) mass is 431 g/mol. The van der Waals surface area contributed by atoms with E-state index in [0.717, 1.165) is 20.9 Å². The predicted molar refractivity (Wildman–Crippen MR) is 105 cm³/mol. The average Bonchev–Trinajstić information content (AvgIpc) is 2.63. The maximum atomic E-state index is 12.5. The third-order valence-corrected chi connectivity index (χ3v) is 4.94. The van der Waals surface area contributed by atoms with Crippen LogP contribution in [-0.4, -0.2) is 22.8 Å². The molecule has 0 unspecified atom stereocenters. The van der Waals surface area contributed by atoms with E-state index >= 15 is 0 Å². The Morgan fingerprint density at radius 1 is 1.19 bits per heavy atom. The molecule has 0 aliphatic rings. The number of nitrogens with two attached hydrogens (primary N) is 1. The SMILES string of the molecule is NC(=O)[C@@H](Cc1cc(Cl)ccc1Br)NC(=O)c1cnc2ccccc2c1. The highest BCUT2D eigenvalue weighted by Crippen LogP contribution is 2.22. The molecule has 1 heterocycles. The molecule has 1 atom stereocenters. The summed E-state index contributed by atoms with van der Waals surface area (Å²) in [5, 5.41) is 4.05. The number of para-hydroxylation sites is 1. The Balaban J connectivity index is 1.81. The summed E-state index contributed by atoms with van der Waals surface area (Å²) in [6.07, 6.45) is 1.70. The van der Waals surface area contributed by atoms with Crippen LogP contribution in [0.15, 0.2) is 59.2 Å². The molecule has 1 aromatic heterocycles. The number of amides is 2. The molecule has 0 radical (unpaired) electrons. The summed E-state index contributed by atoms with van der Waals surface area (Å²) in [6, 6.07) is 13.6. The minimum absolute atomic E-state index is 0.225. The topological polar surface area (TPSA) is 85.1 Å². The smallest absolute Gasteiger partial charge is 0.253 e. The van der Waals surface area contributed by atoms with Gasteiger partial charge in [-0.1, -0.05) is 45.7 Å². The predicted octanol–water partition coefficient (Wildman–Crippen LogP) is 3.48. The largest absolute Gasteiger partial charge is 0.368 e. The first kappa shape index (κ1) is 18.4. The molecule has 2 amide bonds. The molecule has 0 bridgehead atoms. The van der Waals surface area contributed by atoms with E-state index in [1.807, 2.05) is 24.3 Å². The Kier molecular flexibility index (Phi) is 5.54. The van der Waals surface area contributed by atoms with Crippen molar-refractivity contribution in [1.29, 1.82) is 0 Å². The van der Waals surface area contributed by atoms with Gasteiger partial charge >= 0.3 is 0 Å². The van der Waals surface area contributed by atoms with Crippen LogP contribution in [0.25, 0.3) is 10.9 Å². The maximum Gasteiger partial charge on any atom is 0.253 e. The van der Waals surface area contributed by atoms with Gasteiger partial charge in [0.1, 0.15) is 6.04 Å². The molecule has 0 saturated heterocycles.